The van der Waals surface area contributed by atoms with E-state index in [1.807, 2.05) is 0 Å². The number of nitrogens with one attached hydrogen (secondary N) is 1. The zero-order valence-electron chi connectivity index (χ0n) is 10.2. The second kappa shape index (κ2) is 4.80. The maximum Gasteiger partial charge on any atom is 0.417 e. The molecule has 1 rings (SSSR count). The van der Waals surface area contributed by atoms with Crippen molar-refractivity contribution < 1.29 is 18.0 Å². The molecule has 0 spiro atoms. The second-order valence-electron chi connectivity index (χ2n) is 4.90. The van der Waals surface area contributed by atoms with Crippen LogP contribution in [0.4, 0.5) is 13.2 Å². The van der Waals surface area contributed by atoms with E-state index in [0.29, 0.717) is 0 Å². The highest BCUT2D eigenvalue weighted by molar-refractivity contribution is 6.31. The van der Waals surface area contributed by atoms with Crippen LogP contribution in [0.25, 0.3) is 0 Å². The van der Waals surface area contributed by atoms with Gasteiger partial charge >= 0.3 is 6.18 Å². The molecule has 0 aliphatic heterocycles. The van der Waals surface area contributed by atoms with Crippen LogP contribution in [0.15, 0.2) is 18.2 Å². The Morgan fingerprint density at radius 1 is 1.22 bits per heavy atom. The Balaban J connectivity index is 3.10. The predicted molar refractivity (Wildman–Crippen MR) is 63.7 cm³/mol. The molecule has 0 aliphatic rings. The summed E-state index contributed by atoms with van der Waals surface area (Å²) in [4.78, 5) is 11.7. The summed E-state index contributed by atoms with van der Waals surface area (Å²) < 4.78 is 37.8. The molecule has 0 aliphatic carbocycles. The van der Waals surface area contributed by atoms with Gasteiger partial charge in [-0.2, -0.15) is 13.2 Å². The smallest absolute Gasteiger partial charge is 0.347 e. The molecule has 0 saturated carbocycles. The standard InChI is InChI=1S/C12H13ClF3NO/c1-11(2,3)17-10(18)7-4-5-9(13)8(6-7)12(14,15)16/h4-6H,1-3H3,(H,17,18). The lowest BCUT2D eigenvalue weighted by Gasteiger charge is -2.21. The summed E-state index contributed by atoms with van der Waals surface area (Å²) in [5, 5.41) is 2.16. The first kappa shape index (κ1) is 14.8. The summed E-state index contributed by atoms with van der Waals surface area (Å²) in [7, 11) is 0. The largest absolute Gasteiger partial charge is 0.417 e. The molecule has 100 valence electrons. The van der Waals surface area contributed by atoms with E-state index in [4.69, 9.17) is 11.6 Å². The monoisotopic (exact) mass is 279 g/mol. The van der Waals surface area contributed by atoms with Crippen LogP contribution in [-0.2, 0) is 6.18 Å². The molecule has 0 fully saturated rings. The van der Waals surface area contributed by atoms with E-state index < -0.39 is 28.2 Å². The molecule has 1 N–H and O–H groups in total. The molecule has 0 atom stereocenters. The summed E-state index contributed by atoms with van der Waals surface area (Å²) in [6.45, 7) is 5.22. The lowest BCUT2D eigenvalue weighted by molar-refractivity contribution is -0.137. The van der Waals surface area contributed by atoms with E-state index in [9.17, 15) is 18.0 Å². The van der Waals surface area contributed by atoms with Crippen molar-refractivity contribution in [3.63, 3.8) is 0 Å². The minimum absolute atomic E-state index is 0.0679. The molecule has 1 aromatic carbocycles. The Kier molecular flexibility index (Phi) is 3.96. The summed E-state index contributed by atoms with van der Waals surface area (Å²) in [5.74, 6) is -0.565. The summed E-state index contributed by atoms with van der Waals surface area (Å²) in [6, 6.07) is 3.09. The van der Waals surface area contributed by atoms with Crippen molar-refractivity contribution in [3.8, 4) is 0 Å². The molecule has 18 heavy (non-hydrogen) atoms. The maximum atomic E-state index is 12.6. The molecule has 0 radical (unpaired) electrons. The normalized spacial score (nSPS) is 12.4. The van der Waals surface area contributed by atoms with Crippen molar-refractivity contribution >= 4 is 17.5 Å². The Bertz CT molecular complexity index is 463. The molecular weight excluding hydrogens is 267 g/mol. The Labute approximate surface area is 108 Å². The third kappa shape index (κ3) is 3.91. The molecule has 6 heteroatoms. The van der Waals surface area contributed by atoms with Crippen molar-refractivity contribution in [1.29, 1.82) is 0 Å². The third-order valence-electron chi connectivity index (χ3n) is 2.02. The zero-order chi connectivity index (χ0) is 14.1. The second-order valence-corrected chi connectivity index (χ2v) is 5.30. The van der Waals surface area contributed by atoms with Crippen molar-refractivity contribution in [1.82, 2.24) is 5.32 Å². The average molecular weight is 280 g/mol. The van der Waals surface area contributed by atoms with Gasteiger partial charge in [0.1, 0.15) is 0 Å². The fourth-order valence-corrected chi connectivity index (χ4v) is 1.52. The first-order valence-electron chi connectivity index (χ1n) is 5.20. The van der Waals surface area contributed by atoms with Crippen molar-refractivity contribution in [3.05, 3.63) is 34.3 Å². The highest BCUT2D eigenvalue weighted by atomic mass is 35.5. The van der Waals surface area contributed by atoms with Crippen LogP contribution in [0.1, 0.15) is 36.7 Å². The number of halogens is 4. The summed E-state index contributed by atoms with van der Waals surface area (Å²) in [5.41, 5.74) is -1.60. The van der Waals surface area contributed by atoms with Gasteiger partial charge in [-0.3, -0.25) is 4.79 Å². The minimum Gasteiger partial charge on any atom is -0.347 e. The van der Waals surface area contributed by atoms with E-state index in [-0.39, 0.29) is 5.56 Å². The number of benzene rings is 1. The van der Waals surface area contributed by atoms with Crippen LogP contribution in [0.3, 0.4) is 0 Å². The van der Waals surface area contributed by atoms with Crippen molar-refractivity contribution in [2.75, 3.05) is 0 Å². The van der Waals surface area contributed by atoms with E-state index in [1.165, 1.54) is 6.07 Å². The van der Waals surface area contributed by atoms with Gasteiger partial charge in [0, 0.05) is 11.1 Å². The summed E-state index contributed by atoms with van der Waals surface area (Å²) >= 11 is 5.47. The van der Waals surface area contributed by atoms with Crippen LogP contribution in [0.5, 0.6) is 0 Å². The number of amides is 1. The van der Waals surface area contributed by atoms with Gasteiger partial charge in [-0.05, 0) is 39.0 Å². The molecule has 0 unspecified atom stereocenters. The number of rotatable bonds is 1. The number of hydrogen-bond donors (Lipinski definition) is 1. The van der Waals surface area contributed by atoms with E-state index >= 15 is 0 Å². The van der Waals surface area contributed by atoms with Crippen LogP contribution >= 0.6 is 11.6 Å². The van der Waals surface area contributed by atoms with Crippen LogP contribution < -0.4 is 5.32 Å². The van der Waals surface area contributed by atoms with Crippen molar-refractivity contribution in [2.24, 2.45) is 0 Å². The first-order valence-corrected chi connectivity index (χ1v) is 5.58. The number of carbonyl (C=O) groups is 1. The number of alkyl halides is 3. The third-order valence-corrected chi connectivity index (χ3v) is 2.35. The topological polar surface area (TPSA) is 29.1 Å². The Morgan fingerprint density at radius 2 is 1.78 bits per heavy atom. The van der Waals surface area contributed by atoms with E-state index in [1.54, 1.807) is 20.8 Å². The quantitative estimate of drug-likeness (QED) is 0.830. The van der Waals surface area contributed by atoms with Gasteiger partial charge in [0.25, 0.3) is 5.91 Å². The number of carbonyl (C=O) groups excluding carboxylic acids is 1. The molecule has 2 nitrogen and oxygen atoms in total. The molecule has 1 aromatic rings. The Morgan fingerprint density at radius 3 is 2.22 bits per heavy atom. The first-order chi connectivity index (χ1) is 8.00. The maximum absolute atomic E-state index is 12.6. The van der Waals surface area contributed by atoms with Gasteiger partial charge < -0.3 is 5.32 Å². The van der Waals surface area contributed by atoms with E-state index in [0.717, 1.165) is 12.1 Å². The van der Waals surface area contributed by atoms with Crippen LogP contribution in [0.2, 0.25) is 5.02 Å². The predicted octanol–water partition coefficient (Wildman–Crippen LogP) is 3.89. The molecule has 0 aromatic heterocycles. The summed E-state index contributed by atoms with van der Waals surface area (Å²) in [6.07, 6.45) is -4.57. The fourth-order valence-electron chi connectivity index (χ4n) is 1.30. The molecule has 0 saturated heterocycles. The van der Waals surface area contributed by atoms with E-state index in [2.05, 4.69) is 5.32 Å². The van der Waals surface area contributed by atoms with Gasteiger partial charge in [0.2, 0.25) is 0 Å². The highest BCUT2D eigenvalue weighted by Gasteiger charge is 2.34. The lowest BCUT2D eigenvalue weighted by Crippen LogP contribution is -2.40. The van der Waals surface area contributed by atoms with Gasteiger partial charge in [-0.15, -0.1) is 0 Å². The highest BCUT2D eigenvalue weighted by Crippen LogP contribution is 2.35. The van der Waals surface area contributed by atoms with Crippen LogP contribution in [-0.4, -0.2) is 11.4 Å². The number of hydrogen-bond acceptors (Lipinski definition) is 1. The van der Waals surface area contributed by atoms with Gasteiger partial charge in [0.15, 0.2) is 0 Å². The van der Waals surface area contributed by atoms with Gasteiger partial charge in [0.05, 0.1) is 10.6 Å². The Hall–Kier alpha value is -1.23. The average Bonchev–Trinajstić information content (AvgIpc) is 2.13. The molecular formula is C12H13ClF3NO. The molecule has 1 amide bonds. The molecule has 0 heterocycles. The van der Waals surface area contributed by atoms with Gasteiger partial charge in [-0.25, -0.2) is 0 Å². The fraction of sp³-hybridized carbons (Fsp3) is 0.417. The van der Waals surface area contributed by atoms with Gasteiger partial charge in [-0.1, -0.05) is 11.6 Å². The SMILES string of the molecule is CC(C)(C)NC(=O)c1ccc(Cl)c(C(F)(F)F)c1. The lowest BCUT2D eigenvalue weighted by atomic mass is 10.1. The van der Waals surface area contributed by atoms with Crippen molar-refractivity contribution in [2.45, 2.75) is 32.5 Å². The molecule has 0 bridgehead atoms. The minimum atomic E-state index is -4.57. The zero-order valence-corrected chi connectivity index (χ0v) is 10.9. The van der Waals surface area contributed by atoms with Crippen LogP contribution in [0, 0.1) is 0 Å².